The van der Waals surface area contributed by atoms with E-state index in [1.807, 2.05) is 0 Å². The van der Waals surface area contributed by atoms with Crippen LogP contribution in [0.5, 0.6) is 0 Å². The molecule has 0 saturated carbocycles. The first-order valence-electron chi connectivity index (χ1n) is 21.7. The molecular formula is C47H50F2N6O13S. The molecule has 4 aromatic rings. The number of piperidine rings is 1. The molecule has 5 N–H and O–H groups in total. The fourth-order valence-electron chi connectivity index (χ4n) is 7.70. The minimum Gasteiger partial charge on any atom is -0.377 e. The average Bonchev–Trinajstić information content (AvgIpc) is 3.96. The quantitative estimate of drug-likeness (QED) is 0.0326. The first-order valence-corrected chi connectivity index (χ1v) is 21.7. The van der Waals surface area contributed by atoms with Gasteiger partial charge in [0.05, 0.1) is 70.6 Å². The van der Waals surface area contributed by atoms with E-state index in [1.165, 1.54) is 11.0 Å². The van der Waals surface area contributed by atoms with Gasteiger partial charge < -0.3 is 49.3 Å². The molecule has 0 aliphatic carbocycles. The van der Waals surface area contributed by atoms with Crippen molar-refractivity contribution in [1.82, 2.24) is 25.8 Å². The van der Waals surface area contributed by atoms with Crippen LogP contribution in [0.25, 0.3) is 10.9 Å². The maximum absolute atomic E-state index is 13.5. The number of fused-ring (bicyclic) bond motifs is 2. The summed E-state index contributed by atoms with van der Waals surface area (Å²) in [5.74, 6) is -0.517. The van der Waals surface area contributed by atoms with Crippen LogP contribution in [-0.4, -0.2) is 147 Å². The molecule has 0 bridgehead atoms. The monoisotopic (exact) mass is 976 g/mol. The predicted molar refractivity (Wildman–Crippen MR) is 245 cm³/mol. The van der Waals surface area contributed by atoms with Crippen LogP contribution >= 0.6 is 13.5 Å². The molecule has 7 amide bonds. The van der Waals surface area contributed by atoms with Crippen molar-refractivity contribution in [2.45, 2.75) is 37.5 Å². The highest BCUT2D eigenvalue weighted by molar-refractivity contribution is 7.59. The smallest absolute Gasteiger partial charge is 0.268 e. The van der Waals surface area contributed by atoms with Gasteiger partial charge in [-0.15, -0.1) is 0 Å². The zero-order valence-corrected chi connectivity index (χ0v) is 38.2. The van der Waals surface area contributed by atoms with E-state index in [9.17, 15) is 47.4 Å². The summed E-state index contributed by atoms with van der Waals surface area (Å²) in [4.78, 5) is 94.1. The Labute approximate surface area is 400 Å². The molecule has 69 heavy (non-hydrogen) atoms. The number of imide groups is 2. The molecule has 2 atom stereocenters. The van der Waals surface area contributed by atoms with E-state index >= 15 is 0 Å². The van der Waals surface area contributed by atoms with Crippen molar-refractivity contribution in [3.8, 4) is 11.8 Å². The summed E-state index contributed by atoms with van der Waals surface area (Å²) in [5, 5.41) is 18.9. The SMILES string of the molecule is O=C1CCC(N2C(=O)c3cccc(C#CCOCCOCCOCCOCCOCCNC(=O)c4cc5cc(N6CC[C@](O)(C(=O)NCc7cc(F)cc(F)c7)C6=O)ccc5[nH]4)c3C2=O)C(=O)N1.S. The lowest BCUT2D eigenvalue weighted by atomic mass is 10.0. The van der Waals surface area contributed by atoms with E-state index in [0.717, 1.165) is 17.0 Å². The van der Waals surface area contributed by atoms with E-state index < -0.39 is 58.7 Å². The lowest BCUT2D eigenvalue weighted by molar-refractivity contribution is -0.149. The second kappa shape index (κ2) is 24.1. The first-order chi connectivity index (χ1) is 32.8. The van der Waals surface area contributed by atoms with Crippen molar-refractivity contribution >= 4 is 71.4 Å². The first kappa shape index (κ1) is 51.8. The number of hydrogen-bond acceptors (Lipinski definition) is 13. The number of rotatable bonds is 22. The molecule has 0 spiro atoms. The van der Waals surface area contributed by atoms with Crippen LogP contribution in [0.3, 0.4) is 0 Å². The Morgan fingerprint density at radius 1 is 0.812 bits per heavy atom. The van der Waals surface area contributed by atoms with Crippen LogP contribution in [-0.2, 0) is 49.4 Å². The highest BCUT2D eigenvalue weighted by atomic mass is 32.1. The number of anilines is 1. The number of amides is 7. The maximum Gasteiger partial charge on any atom is 0.268 e. The molecule has 366 valence electrons. The van der Waals surface area contributed by atoms with Crippen LogP contribution < -0.4 is 20.9 Å². The van der Waals surface area contributed by atoms with Gasteiger partial charge in [-0.2, -0.15) is 13.5 Å². The Morgan fingerprint density at radius 3 is 2.16 bits per heavy atom. The molecule has 2 fully saturated rings. The molecule has 0 radical (unpaired) electrons. The molecular weight excluding hydrogens is 927 g/mol. The number of aliphatic hydroxyl groups is 1. The van der Waals surface area contributed by atoms with Crippen molar-refractivity contribution in [3.05, 3.63) is 100 Å². The number of carbonyl (C=O) groups is 7. The Bertz CT molecular complexity index is 2630. The Hall–Kier alpha value is -6.58. The van der Waals surface area contributed by atoms with E-state index in [-0.39, 0.29) is 101 Å². The largest absolute Gasteiger partial charge is 0.377 e. The van der Waals surface area contributed by atoms with Gasteiger partial charge in [0, 0.05) is 60.7 Å². The molecule has 22 heteroatoms. The van der Waals surface area contributed by atoms with Gasteiger partial charge in [-0.05, 0) is 60.5 Å². The topological polar surface area (TPSA) is 244 Å². The summed E-state index contributed by atoms with van der Waals surface area (Å²) >= 11 is 0. The van der Waals surface area contributed by atoms with Gasteiger partial charge >= 0.3 is 0 Å². The number of nitrogens with zero attached hydrogens (tertiary/aromatic N) is 2. The Balaban J connectivity index is 0.00000782. The zero-order chi connectivity index (χ0) is 48.2. The number of nitrogens with one attached hydrogen (secondary N) is 4. The standard InChI is InChI=1S/C47H48F2N6O13.H2S/c48-32-23-29(24-33(49)27-32)28-51-45(61)47(63)10-12-54(46(47)62)34-6-7-36-31(25-34)26-37(52-36)41(57)50-11-14-65-16-18-67-20-22-68-21-19-66-17-15-64-13-2-4-30-3-1-5-35-40(30)44(60)55(43(35)59)38-8-9-39(56)53-42(38)58;/h1,3,5-7,23-27,38,52,63H,8-22,28H2,(H,50,57)(H,51,61)(H,53,56,58);1H2/t38?,47-;/m0./s1. The third-order valence-corrected chi connectivity index (χ3v) is 11.1. The molecule has 7 rings (SSSR count). The highest BCUT2D eigenvalue weighted by Gasteiger charge is 2.52. The molecule has 3 aliphatic heterocycles. The predicted octanol–water partition coefficient (Wildman–Crippen LogP) is 1.61. The average molecular weight is 977 g/mol. The molecule has 4 heterocycles. The number of aromatic amines is 1. The van der Waals surface area contributed by atoms with Crippen LogP contribution in [0, 0.1) is 23.5 Å². The normalized spacial score (nSPS) is 17.7. The van der Waals surface area contributed by atoms with Gasteiger partial charge in [0.1, 0.15) is 30.0 Å². The fourth-order valence-corrected chi connectivity index (χ4v) is 7.70. The van der Waals surface area contributed by atoms with Crippen LogP contribution in [0.1, 0.15) is 61.6 Å². The molecule has 3 aromatic carbocycles. The molecule has 3 aliphatic rings. The van der Waals surface area contributed by atoms with E-state index in [1.54, 1.807) is 36.4 Å². The summed E-state index contributed by atoms with van der Waals surface area (Å²) in [7, 11) is 0. The summed E-state index contributed by atoms with van der Waals surface area (Å²) in [6.45, 7) is 2.79. The molecule has 19 nitrogen and oxygen atoms in total. The number of carbonyl (C=O) groups excluding carboxylic acids is 7. The van der Waals surface area contributed by atoms with Gasteiger partial charge in [0.2, 0.25) is 17.4 Å². The van der Waals surface area contributed by atoms with Gasteiger partial charge in [-0.1, -0.05) is 17.9 Å². The summed E-state index contributed by atoms with van der Waals surface area (Å²) in [6.07, 6.45) is -0.108. The third-order valence-electron chi connectivity index (χ3n) is 11.1. The third kappa shape index (κ3) is 12.7. The minimum absolute atomic E-state index is 0. The zero-order valence-electron chi connectivity index (χ0n) is 37.2. The number of benzene rings is 3. The Morgan fingerprint density at radius 2 is 1.48 bits per heavy atom. The van der Waals surface area contributed by atoms with Crippen molar-refractivity contribution in [2.75, 3.05) is 84.1 Å². The summed E-state index contributed by atoms with van der Waals surface area (Å²) in [6, 6.07) is 13.0. The van der Waals surface area contributed by atoms with Gasteiger partial charge in [0.25, 0.3) is 29.5 Å². The summed E-state index contributed by atoms with van der Waals surface area (Å²) in [5.41, 5.74) is -0.337. The maximum atomic E-state index is 13.5. The lowest BCUT2D eigenvalue weighted by Crippen LogP contribution is -2.54. The van der Waals surface area contributed by atoms with Gasteiger partial charge in [0.15, 0.2) is 0 Å². The summed E-state index contributed by atoms with van der Waals surface area (Å²) < 4.78 is 54.6. The Kier molecular flexibility index (Phi) is 18.1. The van der Waals surface area contributed by atoms with Gasteiger partial charge in [-0.3, -0.25) is 43.8 Å². The highest BCUT2D eigenvalue weighted by Crippen LogP contribution is 2.32. The number of hydrogen-bond donors (Lipinski definition) is 5. The van der Waals surface area contributed by atoms with E-state index in [0.29, 0.717) is 74.5 Å². The molecule has 1 aromatic heterocycles. The number of halogens is 2. The fraction of sp³-hybridized carbons (Fsp3) is 0.383. The van der Waals surface area contributed by atoms with Crippen LogP contribution in [0.15, 0.2) is 60.7 Å². The molecule has 2 saturated heterocycles. The lowest BCUT2D eigenvalue weighted by Gasteiger charge is -2.27. The van der Waals surface area contributed by atoms with Crippen molar-refractivity contribution in [3.63, 3.8) is 0 Å². The number of ether oxygens (including phenoxy) is 5. The second-order valence-electron chi connectivity index (χ2n) is 15.7. The van der Waals surface area contributed by atoms with Crippen molar-refractivity contribution in [2.24, 2.45) is 0 Å². The van der Waals surface area contributed by atoms with E-state index in [2.05, 4.69) is 32.8 Å². The van der Waals surface area contributed by atoms with Crippen LogP contribution in [0.4, 0.5) is 14.5 Å². The van der Waals surface area contributed by atoms with Crippen LogP contribution in [0.2, 0.25) is 0 Å². The van der Waals surface area contributed by atoms with Crippen molar-refractivity contribution in [1.29, 1.82) is 0 Å². The minimum atomic E-state index is -2.37. The van der Waals surface area contributed by atoms with Crippen molar-refractivity contribution < 1.29 is 71.1 Å². The second-order valence-corrected chi connectivity index (χ2v) is 15.7. The number of aromatic nitrogens is 1. The number of H-pyrrole nitrogens is 1. The molecule has 1 unspecified atom stereocenters. The van der Waals surface area contributed by atoms with E-state index in [4.69, 9.17) is 23.7 Å². The van der Waals surface area contributed by atoms with Gasteiger partial charge in [-0.25, -0.2) is 8.78 Å².